The van der Waals surface area contributed by atoms with Gasteiger partial charge in [-0.15, -0.1) is 0 Å². The van der Waals surface area contributed by atoms with Crippen LogP contribution in [0.1, 0.15) is 25.5 Å². The van der Waals surface area contributed by atoms with E-state index in [-0.39, 0.29) is 11.8 Å². The summed E-state index contributed by atoms with van der Waals surface area (Å²) in [4.78, 5) is 0.356. The van der Waals surface area contributed by atoms with Gasteiger partial charge in [0.2, 0.25) is 0 Å². The summed E-state index contributed by atoms with van der Waals surface area (Å²) in [5.74, 6) is 0.0942. The molecule has 0 amide bonds. The van der Waals surface area contributed by atoms with Crippen LogP contribution in [0.5, 0.6) is 0 Å². The van der Waals surface area contributed by atoms with E-state index in [1.54, 1.807) is 25.1 Å². The van der Waals surface area contributed by atoms with E-state index in [4.69, 9.17) is 0 Å². The molecule has 0 bridgehead atoms. The molecular formula is C16H18BrNO2S. The first kappa shape index (κ1) is 16.0. The Balaban J connectivity index is 2.32. The molecule has 1 N–H and O–H groups in total. The Hall–Kier alpha value is -1.33. The number of anilines is 1. The van der Waals surface area contributed by atoms with Crippen molar-refractivity contribution in [2.45, 2.75) is 24.8 Å². The molecule has 2 rings (SSSR count). The van der Waals surface area contributed by atoms with Crippen LogP contribution in [0.3, 0.4) is 0 Å². The Labute approximate surface area is 134 Å². The van der Waals surface area contributed by atoms with Gasteiger partial charge < -0.3 is 5.32 Å². The maximum Gasteiger partial charge on any atom is 0.180 e. The van der Waals surface area contributed by atoms with Crippen LogP contribution in [0.4, 0.5) is 5.69 Å². The highest BCUT2D eigenvalue weighted by molar-refractivity contribution is 9.10. The third kappa shape index (κ3) is 3.86. The molecule has 2 aromatic carbocycles. The molecule has 0 saturated heterocycles. The first-order valence-electron chi connectivity index (χ1n) is 6.78. The molecule has 0 radical (unpaired) electrons. The molecule has 0 aliphatic heterocycles. The third-order valence-electron chi connectivity index (χ3n) is 3.32. The van der Waals surface area contributed by atoms with E-state index in [0.717, 1.165) is 10.0 Å². The molecule has 3 nitrogen and oxygen atoms in total. The first-order chi connectivity index (χ1) is 9.94. The van der Waals surface area contributed by atoms with Crippen LogP contribution < -0.4 is 5.32 Å². The smallest absolute Gasteiger partial charge is 0.180 e. The maximum absolute atomic E-state index is 12.1. The number of halogens is 1. The lowest BCUT2D eigenvalue weighted by Crippen LogP contribution is -2.12. The summed E-state index contributed by atoms with van der Waals surface area (Å²) >= 11 is 3.45. The zero-order chi connectivity index (χ0) is 15.5. The summed E-state index contributed by atoms with van der Waals surface area (Å²) in [5.41, 5.74) is 1.74. The van der Waals surface area contributed by atoms with Crippen molar-refractivity contribution in [3.8, 4) is 0 Å². The molecule has 0 spiro atoms. The van der Waals surface area contributed by atoms with Gasteiger partial charge in [0.25, 0.3) is 0 Å². The van der Waals surface area contributed by atoms with E-state index >= 15 is 0 Å². The number of nitrogens with one attached hydrogen (secondary N) is 1. The zero-order valence-electron chi connectivity index (χ0n) is 12.0. The first-order valence-corrected chi connectivity index (χ1v) is 9.22. The van der Waals surface area contributed by atoms with Crippen LogP contribution in [0.2, 0.25) is 0 Å². The summed E-state index contributed by atoms with van der Waals surface area (Å²) in [6.45, 7) is 3.67. The Morgan fingerprint density at radius 3 is 2.52 bits per heavy atom. The van der Waals surface area contributed by atoms with E-state index in [0.29, 0.717) is 10.6 Å². The highest BCUT2D eigenvalue weighted by Crippen LogP contribution is 2.27. The van der Waals surface area contributed by atoms with Gasteiger partial charge in [-0.25, -0.2) is 8.42 Å². The fourth-order valence-corrected chi connectivity index (χ4v) is 3.58. The summed E-state index contributed by atoms with van der Waals surface area (Å²) in [6, 6.07) is 15.0. The molecule has 0 aliphatic carbocycles. The highest BCUT2D eigenvalue weighted by Gasteiger charge is 2.17. The second-order valence-electron chi connectivity index (χ2n) is 4.82. The fraction of sp³-hybridized carbons (Fsp3) is 0.250. The van der Waals surface area contributed by atoms with E-state index in [9.17, 15) is 8.42 Å². The van der Waals surface area contributed by atoms with E-state index < -0.39 is 9.84 Å². The van der Waals surface area contributed by atoms with Crippen LogP contribution >= 0.6 is 15.9 Å². The summed E-state index contributed by atoms with van der Waals surface area (Å²) in [6.07, 6.45) is 0. The van der Waals surface area contributed by atoms with Crippen LogP contribution in [0, 0.1) is 0 Å². The number of sulfone groups is 1. The third-order valence-corrected chi connectivity index (χ3v) is 5.60. The molecule has 0 saturated carbocycles. The fourth-order valence-electron chi connectivity index (χ4n) is 2.11. The predicted octanol–water partition coefficient (Wildman–Crippen LogP) is 4.42. The van der Waals surface area contributed by atoms with Gasteiger partial charge in [-0.3, -0.25) is 0 Å². The molecule has 5 heteroatoms. The monoisotopic (exact) mass is 367 g/mol. The largest absolute Gasteiger partial charge is 0.377 e. The Morgan fingerprint density at radius 1 is 1.14 bits per heavy atom. The van der Waals surface area contributed by atoms with Crippen molar-refractivity contribution in [1.82, 2.24) is 0 Å². The van der Waals surface area contributed by atoms with Gasteiger partial charge in [0.05, 0.1) is 16.3 Å². The predicted molar refractivity (Wildman–Crippen MR) is 90.3 cm³/mol. The van der Waals surface area contributed by atoms with Gasteiger partial charge >= 0.3 is 0 Å². The standard InChI is InChI=1S/C16H18BrNO2S/c1-3-21(19,20)16-10-5-4-9-15(16)18-12(2)13-7-6-8-14(17)11-13/h4-12,18H,3H2,1-2H3. The summed E-state index contributed by atoms with van der Waals surface area (Å²) < 4.78 is 25.3. The number of para-hydroxylation sites is 1. The van der Waals surface area contributed by atoms with Crippen LogP contribution in [0.15, 0.2) is 57.9 Å². The van der Waals surface area contributed by atoms with Crippen LogP contribution in [0.25, 0.3) is 0 Å². The minimum absolute atomic E-state index is 0.00991. The summed E-state index contributed by atoms with van der Waals surface area (Å²) in [5, 5.41) is 3.29. The van der Waals surface area contributed by atoms with Gasteiger partial charge in [0, 0.05) is 10.5 Å². The molecule has 0 aromatic heterocycles. The molecular weight excluding hydrogens is 350 g/mol. The lowest BCUT2D eigenvalue weighted by molar-refractivity contribution is 0.597. The van der Waals surface area contributed by atoms with Crippen LogP contribution in [-0.2, 0) is 9.84 Å². The topological polar surface area (TPSA) is 46.2 Å². The molecule has 1 atom stereocenters. The van der Waals surface area contributed by atoms with Crippen molar-refractivity contribution in [2.24, 2.45) is 0 Å². The number of benzene rings is 2. The van der Waals surface area contributed by atoms with Crippen molar-refractivity contribution in [3.05, 3.63) is 58.6 Å². The van der Waals surface area contributed by atoms with Gasteiger partial charge in [-0.1, -0.05) is 47.1 Å². The van der Waals surface area contributed by atoms with E-state index in [1.807, 2.05) is 37.3 Å². The minimum Gasteiger partial charge on any atom is -0.377 e. The molecule has 112 valence electrons. The van der Waals surface area contributed by atoms with Gasteiger partial charge in [0.15, 0.2) is 9.84 Å². The van der Waals surface area contributed by atoms with Crippen molar-refractivity contribution in [3.63, 3.8) is 0 Å². The SMILES string of the molecule is CCS(=O)(=O)c1ccccc1NC(C)c1cccc(Br)c1. The van der Waals surface area contributed by atoms with Crippen molar-refractivity contribution in [1.29, 1.82) is 0 Å². The Kier molecular flexibility index (Phi) is 5.06. The lowest BCUT2D eigenvalue weighted by Gasteiger charge is -2.18. The Bertz CT molecular complexity index is 729. The van der Waals surface area contributed by atoms with E-state index in [2.05, 4.69) is 21.2 Å². The highest BCUT2D eigenvalue weighted by atomic mass is 79.9. The van der Waals surface area contributed by atoms with Crippen LogP contribution in [-0.4, -0.2) is 14.2 Å². The van der Waals surface area contributed by atoms with Gasteiger partial charge in [-0.2, -0.15) is 0 Å². The molecule has 0 fully saturated rings. The number of hydrogen-bond donors (Lipinski definition) is 1. The summed E-state index contributed by atoms with van der Waals surface area (Å²) in [7, 11) is -3.24. The van der Waals surface area contributed by atoms with E-state index in [1.165, 1.54) is 0 Å². The maximum atomic E-state index is 12.1. The van der Waals surface area contributed by atoms with Crippen molar-refractivity contribution >= 4 is 31.5 Å². The normalized spacial score (nSPS) is 12.9. The van der Waals surface area contributed by atoms with Crippen molar-refractivity contribution < 1.29 is 8.42 Å². The molecule has 2 aromatic rings. The van der Waals surface area contributed by atoms with Gasteiger partial charge in [0.1, 0.15) is 0 Å². The quantitative estimate of drug-likeness (QED) is 0.850. The average Bonchev–Trinajstić information content (AvgIpc) is 2.47. The Morgan fingerprint density at radius 2 is 1.86 bits per heavy atom. The molecule has 1 unspecified atom stereocenters. The number of hydrogen-bond acceptors (Lipinski definition) is 3. The molecule has 21 heavy (non-hydrogen) atoms. The lowest BCUT2D eigenvalue weighted by atomic mass is 10.1. The second kappa shape index (κ2) is 6.62. The average molecular weight is 368 g/mol. The molecule has 0 aliphatic rings. The van der Waals surface area contributed by atoms with Crippen molar-refractivity contribution in [2.75, 3.05) is 11.1 Å². The zero-order valence-corrected chi connectivity index (χ0v) is 14.4. The van der Waals surface area contributed by atoms with Gasteiger partial charge in [-0.05, 0) is 36.8 Å². The number of rotatable bonds is 5. The molecule has 0 heterocycles. The second-order valence-corrected chi connectivity index (χ2v) is 7.98. The minimum atomic E-state index is -3.24.